The van der Waals surface area contributed by atoms with E-state index in [2.05, 4.69) is 26.5 Å². The monoisotopic (exact) mass is 318 g/mol. The van der Waals surface area contributed by atoms with Gasteiger partial charge in [-0.2, -0.15) is 5.10 Å². The minimum Gasteiger partial charge on any atom is -0.488 e. The molecular formula is C15H15BrN2O. The van der Waals surface area contributed by atoms with Gasteiger partial charge in [-0.05, 0) is 29.8 Å². The molecule has 0 heterocycles. The molecule has 0 saturated heterocycles. The third-order valence-electron chi connectivity index (χ3n) is 2.56. The number of benzene rings is 2. The Balaban J connectivity index is 2.06. The van der Waals surface area contributed by atoms with E-state index in [-0.39, 0.29) is 0 Å². The lowest BCUT2D eigenvalue weighted by Gasteiger charge is -2.09. The van der Waals surface area contributed by atoms with E-state index in [1.165, 1.54) is 0 Å². The van der Waals surface area contributed by atoms with Crippen LogP contribution in [0.5, 0.6) is 5.75 Å². The van der Waals surface area contributed by atoms with Crippen LogP contribution in [-0.4, -0.2) is 13.3 Å². The Morgan fingerprint density at radius 3 is 2.63 bits per heavy atom. The molecule has 2 aromatic rings. The summed E-state index contributed by atoms with van der Waals surface area (Å²) in [5.41, 5.74) is 4.81. The lowest BCUT2D eigenvalue weighted by molar-refractivity contribution is 0.306. The number of nitrogens with zero attached hydrogens (tertiary/aromatic N) is 1. The molecule has 0 aliphatic carbocycles. The highest BCUT2D eigenvalue weighted by atomic mass is 79.9. The van der Waals surface area contributed by atoms with Gasteiger partial charge in [-0.25, -0.2) is 0 Å². The summed E-state index contributed by atoms with van der Waals surface area (Å²) in [6.07, 6.45) is 1.75. The SMILES string of the molecule is CN/N=C/c1ccccc1OCc1ccc(Br)cc1. The van der Waals surface area contributed by atoms with Gasteiger partial charge in [0.25, 0.3) is 0 Å². The summed E-state index contributed by atoms with van der Waals surface area (Å²) >= 11 is 3.42. The fraction of sp³-hybridized carbons (Fsp3) is 0.133. The van der Waals surface area contributed by atoms with Gasteiger partial charge >= 0.3 is 0 Å². The summed E-state index contributed by atoms with van der Waals surface area (Å²) in [7, 11) is 1.77. The second kappa shape index (κ2) is 6.95. The number of hydrazone groups is 1. The fourth-order valence-electron chi connectivity index (χ4n) is 1.59. The maximum absolute atomic E-state index is 5.83. The molecule has 0 spiro atoms. The Kier molecular flexibility index (Phi) is 4.98. The summed E-state index contributed by atoms with van der Waals surface area (Å²) in [6, 6.07) is 15.9. The van der Waals surface area contributed by atoms with Gasteiger partial charge in [0.05, 0.1) is 6.21 Å². The maximum Gasteiger partial charge on any atom is 0.128 e. The molecule has 19 heavy (non-hydrogen) atoms. The molecule has 4 heteroatoms. The zero-order chi connectivity index (χ0) is 13.5. The van der Waals surface area contributed by atoms with Crippen LogP contribution < -0.4 is 10.2 Å². The van der Waals surface area contributed by atoms with Crippen LogP contribution >= 0.6 is 15.9 Å². The van der Waals surface area contributed by atoms with Crippen LogP contribution in [-0.2, 0) is 6.61 Å². The minimum atomic E-state index is 0.539. The largest absolute Gasteiger partial charge is 0.488 e. The Labute approximate surface area is 121 Å². The highest BCUT2D eigenvalue weighted by Gasteiger charge is 2.01. The van der Waals surface area contributed by atoms with Gasteiger partial charge in [0.2, 0.25) is 0 Å². The van der Waals surface area contributed by atoms with Gasteiger partial charge < -0.3 is 10.2 Å². The molecule has 0 bridgehead atoms. The lowest BCUT2D eigenvalue weighted by Crippen LogP contribution is -2.00. The molecule has 2 aromatic carbocycles. The zero-order valence-electron chi connectivity index (χ0n) is 10.6. The second-order valence-corrected chi connectivity index (χ2v) is 4.85. The van der Waals surface area contributed by atoms with E-state index in [9.17, 15) is 0 Å². The first-order valence-electron chi connectivity index (χ1n) is 5.95. The molecule has 0 aromatic heterocycles. The molecule has 0 saturated carbocycles. The van der Waals surface area contributed by atoms with E-state index < -0.39 is 0 Å². The van der Waals surface area contributed by atoms with E-state index in [1.807, 2.05) is 48.5 Å². The Bertz CT molecular complexity index is 552. The maximum atomic E-state index is 5.83. The third-order valence-corrected chi connectivity index (χ3v) is 3.09. The van der Waals surface area contributed by atoms with Gasteiger partial charge in [-0.3, -0.25) is 0 Å². The summed E-state index contributed by atoms with van der Waals surface area (Å²) in [6.45, 7) is 0.539. The molecule has 2 rings (SSSR count). The Morgan fingerprint density at radius 1 is 1.16 bits per heavy atom. The van der Waals surface area contributed by atoms with Crippen molar-refractivity contribution in [3.63, 3.8) is 0 Å². The summed E-state index contributed by atoms with van der Waals surface area (Å²) in [5.74, 6) is 0.824. The quantitative estimate of drug-likeness (QED) is 0.675. The molecule has 0 aliphatic heterocycles. The van der Waals surface area contributed by atoms with Crippen molar-refractivity contribution in [2.45, 2.75) is 6.61 Å². The average Bonchev–Trinajstić information content (AvgIpc) is 2.45. The fourth-order valence-corrected chi connectivity index (χ4v) is 1.86. The first kappa shape index (κ1) is 13.6. The van der Waals surface area contributed by atoms with E-state index in [1.54, 1.807) is 13.3 Å². The van der Waals surface area contributed by atoms with Crippen LogP contribution in [0.25, 0.3) is 0 Å². The van der Waals surface area contributed by atoms with Crippen LogP contribution in [0.15, 0.2) is 58.1 Å². The highest BCUT2D eigenvalue weighted by molar-refractivity contribution is 9.10. The molecule has 0 amide bonds. The summed E-state index contributed by atoms with van der Waals surface area (Å²) in [5, 5.41) is 4.01. The van der Waals surface area contributed by atoms with Crippen molar-refractivity contribution < 1.29 is 4.74 Å². The van der Waals surface area contributed by atoms with Gasteiger partial charge in [0, 0.05) is 17.1 Å². The highest BCUT2D eigenvalue weighted by Crippen LogP contribution is 2.18. The summed E-state index contributed by atoms with van der Waals surface area (Å²) < 4.78 is 6.89. The van der Waals surface area contributed by atoms with Crippen LogP contribution in [0.4, 0.5) is 0 Å². The molecule has 98 valence electrons. The lowest BCUT2D eigenvalue weighted by atomic mass is 10.2. The van der Waals surface area contributed by atoms with Crippen LogP contribution in [0.2, 0.25) is 0 Å². The van der Waals surface area contributed by atoms with E-state index in [0.29, 0.717) is 6.61 Å². The van der Waals surface area contributed by atoms with E-state index in [4.69, 9.17) is 4.74 Å². The topological polar surface area (TPSA) is 33.6 Å². The normalized spacial score (nSPS) is 10.6. The number of hydrogen-bond acceptors (Lipinski definition) is 3. The zero-order valence-corrected chi connectivity index (χ0v) is 12.2. The van der Waals surface area contributed by atoms with Crippen molar-refractivity contribution in [3.05, 3.63) is 64.1 Å². The predicted octanol–water partition coefficient (Wildman–Crippen LogP) is 3.58. The molecule has 0 fully saturated rings. The van der Waals surface area contributed by atoms with Crippen molar-refractivity contribution in [1.29, 1.82) is 0 Å². The number of ether oxygens (including phenoxy) is 1. The standard InChI is InChI=1S/C15H15BrN2O/c1-17-18-10-13-4-2-3-5-15(13)19-11-12-6-8-14(16)9-7-12/h2-10,17H,11H2,1H3/b18-10+. The molecule has 1 N–H and O–H groups in total. The van der Waals surface area contributed by atoms with Gasteiger partial charge in [0.1, 0.15) is 12.4 Å². The number of rotatable bonds is 5. The molecule has 0 aliphatic rings. The van der Waals surface area contributed by atoms with E-state index >= 15 is 0 Å². The molecule has 0 radical (unpaired) electrons. The average molecular weight is 319 g/mol. The van der Waals surface area contributed by atoms with Crippen molar-refractivity contribution in [2.75, 3.05) is 7.05 Å². The predicted molar refractivity (Wildman–Crippen MR) is 81.6 cm³/mol. The Hall–Kier alpha value is -1.81. The smallest absolute Gasteiger partial charge is 0.128 e. The molecule has 0 unspecified atom stereocenters. The third kappa shape index (κ3) is 4.10. The van der Waals surface area contributed by atoms with Crippen LogP contribution in [0, 0.1) is 0 Å². The minimum absolute atomic E-state index is 0.539. The number of hydrogen-bond donors (Lipinski definition) is 1. The van der Waals surface area contributed by atoms with Crippen molar-refractivity contribution in [2.24, 2.45) is 5.10 Å². The van der Waals surface area contributed by atoms with Gasteiger partial charge in [-0.1, -0.05) is 40.2 Å². The number of nitrogens with one attached hydrogen (secondary N) is 1. The van der Waals surface area contributed by atoms with Gasteiger partial charge in [-0.15, -0.1) is 0 Å². The molecule has 0 atom stereocenters. The van der Waals surface area contributed by atoms with Crippen molar-refractivity contribution >= 4 is 22.1 Å². The van der Waals surface area contributed by atoms with Crippen molar-refractivity contribution in [3.8, 4) is 5.75 Å². The molecular weight excluding hydrogens is 304 g/mol. The summed E-state index contributed by atoms with van der Waals surface area (Å²) in [4.78, 5) is 0. The van der Waals surface area contributed by atoms with Crippen LogP contribution in [0.3, 0.4) is 0 Å². The first-order chi connectivity index (χ1) is 9.29. The van der Waals surface area contributed by atoms with Crippen molar-refractivity contribution in [1.82, 2.24) is 5.43 Å². The van der Waals surface area contributed by atoms with Gasteiger partial charge in [0.15, 0.2) is 0 Å². The number of halogens is 1. The Morgan fingerprint density at radius 2 is 1.89 bits per heavy atom. The first-order valence-corrected chi connectivity index (χ1v) is 6.75. The van der Waals surface area contributed by atoms with E-state index in [0.717, 1.165) is 21.3 Å². The van der Waals surface area contributed by atoms with Crippen LogP contribution in [0.1, 0.15) is 11.1 Å². The molecule has 3 nitrogen and oxygen atoms in total. The second-order valence-electron chi connectivity index (χ2n) is 3.93. The number of para-hydroxylation sites is 1.